The number of halogens is 1. The molecule has 4 rings (SSSR count). The van der Waals surface area contributed by atoms with Gasteiger partial charge in [0.2, 0.25) is 0 Å². The van der Waals surface area contributed by atoms with Crippen LogP contribution in [0.3, 0.4) is 0 Å². The third-order valence-electron chi connectivity index (χ3n) is 7.45. The molecule has 0 unspecified atom stereocenters. The van der Waals surface area contributed by atoms with Crippen LogP contribution < -0.4 is 15.8 Å². The van der Waals surface area contributed by atoms with Crippen LogP contribution in [0.4, 0.5) is 0 Å². The number of aryl methyl sites for hydroxylation is 1. The van der Waals surface area contributed by atoms with Gasteiger partial charge in [0.05, 0.1) is 11.0 Å². The minimum Gasteiger partial charge on any atom is -0.484 e. The largest absolute Gasteiger partial charge is 0.484 e. The van der Waals surface area contributed by atoms with Gasteiger partial charge in [-0.2, -0.15) is 0 Å². The first-order valence-corrected chi connectivity index (χ1v) is 14.3. The third kappa shape index (κ3) is 6.01. The average molecular weight is 583 g/mol. The molecule has 0 saturated heterocycles. The fraction of sp³-hybridized carbons (Fsp3) is 0.367. The fourth-order valence-electron chi connectivity index (χ4n) is 4.48. The minimum atomic E-state index is -1.03. The second-order valence-electron chi connectivity index (χ2n) is 11.1. The number of rotatable bonds is 11. The number of imidazole rings is 1. The van der Waals surface area contributed by atoms with Crippen molar-refractivity contribution in [3.63, 3.8) is 0 Å². The predicted octanol–water partition coefficient (Wildman–Crippen LogP) is 6.39. The molecule has 212 valence electrons. The molecule has 0 radical (unpaired) electrons. The molecule has 0 fully saturated rings. The zero-order chi connectivity index (χ0) is 29.2. The lowest BCUT2D eigenvalue weighted by Gasteiger charge is -2.39. The Morgan fingerprint density at radius 2 is 1.90 bits per heavy atom. The molecule has 2 aromatic heterocycles. The number of aromatic nitrogens is 2. The summed E-state index contributed by atoms with van der Waals surface area (Å²) < 4.78 is 8.08. The first-order valence-electron chi connectivity index (χ1n) is 13.1. The molecule has 0 bridgehead atoms. The number of amides is 1. The highest BCUT2D eigenvalue weighted by Crippen LogP contribution is 2.37. The molecule has 4 N–H and O–H groups in total. The molecule has 8 nitrogen and oxygen atoms in total. The van der Waals surface area contributed by atoms with Crippen LogP contribution in [0.2, 0.25) is 5.02 Å². The number of hydrogen-bond acceptors (Lipinski definition) is 6. The Hall–Kier alpha value is -3.40. The van der Waals surface area contributed by atoms with Gasteiger partial charge in [0.1, 0.15) is 33.6 Å². The van der Waals surface area contributed by atoms with Crippen LogP contribution in [0.1, 0.15) is 67.9 Å². The molecule has 2 aromatic carbocycles. The molecular formula is C30H35ClN4O4S. The maximum Gasteiger partial charge on any atom is 0.324 e. The summed E-state index contributed by atoms with van der Waals surface area (Å²) in [5, 5.41) is 14.4. The van der Waals surface area contributed by atoms with Crippen molar-refractivity contribution in [3.8, 4) is 10.8 Å². The summed E-state index contributed by atoms with van der Waals surface area (Å²) in [5.41, 5.74) is 7.84. The zero-order valence-corrected chi connectivity index (χ0v) is 24.9. The second-order valence-corrected chi connectivity index (χ2v) is 12.5. The SMILES string of the molecule is C[C@@H](Oc1cc(-n2cnc3ccc(CCCN[C@@](C)(C(=O)O)C(C)(C)C)cc32)sc1C(N)=O)c1ccccc1Cl. The highest BCUT2D eigenvalue weighted by atomic mass is 35.5. The number of primary amides is 1. The van der Waals surface area contributed by atoms with Crippen molar-refractivity contribution in [1.29, 1.82) is 0 Å². The van der Waals surface area contributed by atoms with Gasteiger partial charge in [0.15, 0.2) is 0 Å². The molecule has 1 amide bonds. The van der Waals surface area contributed by atoms with Crippen LogP contribution in [0.5, 0.6) is 5.75 Å². The van der Waals surface area contributed by atoms with Gasteiger partial charge in [-0.25, -0.2) is 4.98 Å². The summed E-state index contributed by atoms with van der Waals surface area (Å²) in [6, 6.07) is 15.3. The summed E-state index contributed by atoms with van der Waals surface area (Å²) in [7, 11) is 0. The second kappa shape index (κ2) is 11.6. The average Bonchev–Trinajstić information content (AvgIpc) is 3.49. The highest BCUT2D eigenvalue weighted by molar-refractivity contribution is 7.16. The summed E-state index contributed by atoms with van der Waals surface area (Å²) >= 11 is 7.59. The highest BCUT2D eigenvalue weighted by Gasteiger charge is 2.43. The monoisotopic (exact) mass is 582 g/mol. The van der Waals surface area contributed by atoms with Crippen LogP contribution in [0.15, 0.2) is 54.9 Å². The fourth-order valence-corrected chi connectivity index (χ4v) is 5.69. The quantitative estimate of drug-likeness (QED) is 0.176. The molecule has 2 heterocycles. The lowest BCUT2D eigenvalue weighted by molar-refractivity contribution is -0.149. The number of benzene rings is 2. The van der Waals surface area contributed by atoms with E-state index in [1.165, 1.54) is 11.3 Å². The van der Waals surface area contributed by atoms with Crippen molar-refractivity contribution in [2.75, 3.05) is 6.54 Å². The summed E-state index contributed by atoms with van der Waals surface area (Å²) in [6.45, 7) is 9.93. The van der Waals surface area contributed by atoms with Crippen LogP contribution >= 0.6 is 22.9 Å². The number of aliphatic carboxylic acids is 1. The van der Waals surface area contributed by atoms with E-state index in [1.807, 2.05) is 62.6 Å². The zero-order valence-electron chi connectivity index (χ0n) is 23.3. The predicted molar refractivity (Wildman–Crippen MR) is 160 cm³/mol. The maximum atomic E-state index is 12.3. The summed E-state index contributed by atoms with van der Waals surface area (Å²) in [6.07, 6.45) is 2.85. The Bertz CT molecular complexity index is 1540. The Morgan fingerprint density at radius 1 is 1.18 bits per heavy atom. The van der Waals surface area contributed by atoms with Gasteiger partial charge in [-0.3, -0.25) is 14.2 Å². The summed E-state index contributed by atoms with van der Waals surface area (Å²) in [4.78, 5) is 29.1. The molecule has 0 aliphatic rings. The number of carbonyl (C=O) groups excluding carboxylic acids is 1. The van der Waals surface area contributed by atoms with E-state index in [0.29, 0.717) is 22.2 Å². The molecule has 4 aromatic rings. The van der Waals surface area contributed by atoms with Crippen LogP contribution in [-0.4, -0.2) is 38.6 Å². The molecule has 0 spiro atoms. The molecule has 40 heavy (non-hydrogen) atoms. The van der Waals surface area contributed by atoms with E-state index in [0.717, 1.165) is 40.0 Å². The van der Waals surface area contributed by atoms with E-state index in [1.54, 1.807) is 25.4 Å². The number of nitrogens with one attached hydrogen (secondary N) is 1. The first-order chi connectivity index (χ1) is 18.8. The van der Waals surface area contributed by atoms with Crippen molar-refractivity contribution in [3.05, 3.63) is 75.9 Å². The van der Waals surface area contributed by atoms with Crippen LogP contribution in [0, 0.1) is 5.41 Å². The number of carbonyl (C=O) groups is 2. The Kier molecular flexibility index (Phi) is 8.58. The molecule has 0 aliphatic carbocycles. The van der Waals surface area contributed by atoms with Gasteiger partial charge >= 0.3 is 5.97 Å². The van der Waals surface area contributed by atoms with Crippen LogP contribution in [-0.2, 0) is 11.2 Å². The van der Waals surface area contributed by atoms with E-state index in [4.69, 9.17) is 22.1 Å². The lowest BCUT2D eigenvalue weighted by Crippen LogP contribution is -2.58. The maximum absolute atomic E-state index is 12.3. The van der Waals surface area contributed by atoms with E-state index < -0.39 is 28.9 Å². The third-order valence-corrected chi connectivity index (χ3v) is 8.93. The van der Waals surface area contributed by atoms with Crippen molar-refractivity contribution < 1.29 is 19.4 Å². The van der Waals surface area contributed by atoms with Gasteiger partial charge < -0.3 is 20.9 Å². The Balaban J connectivity index is 1.54. The van der Waals surface area contributed by atoms with Crippen molar-refractivity contribution >= 4 is 45.8 Å². The standard InChI is InChI=1S/C30H35ClN4O4S/c1-18(20-10-6-7-11-21(20)31)39-24-16-25(40-26(24)27(32)36)35-17-33-22-13-12-19(15-23(22)35)9-8-14-34-30(5,28(37)38)29(2,3)4/h6-7,10-13,15-18,34H,8-9,14H2,1-5H3,(H2,32,36)(H,37,38)/t18-,30+/m1/s1. The number of carboxylic acid groups (broad SMARTS) is 1. The minimum absolute atomic E-state index is 0.318. The number of hydrogen-bond donors (Lipinski definition) is 3. The number of carboxylic acids is 1. The van der Waals surface area contributed by atoms with Crippen LogP contribution in [0.25, 0.3) is 16.0 Å². The molecular weight excluding hydrogens is 548 g/mol. The first kappa shape index (κ1) is 29.6. The van der Waals surface area contributed by atoms with Crippen molar-refractivity contribution in [2.24, 2.45) is 11.1 Å². The molecule has 10 heteroatoms. The molecule has 2 atom stereocenters. The number of fused-ring (bicyclic) bond motifs is 1. The van der Waals surface area contributed by atoms with E-state index in [2.05, 4.69) is 16.4 Å². The van der Waals surface area contributed by atoms with Gasteiger partial charge in [0.25, 0.3) is 5.91 Å². The molecule has 0 saturated carbocycles. The number of nitrogens with two attached hydrogens (primary N) is 1. The van der Waals surface area contributed by atoms with Crippen molar-refractivity contribution in [1.82, 2.24) is 14.9 Å². The topological polar surface area (TPSA) is 119 Å². The normalized spacial score (nSPS) is 14.2. The van der Waals surface area contributed by atoms with E-state index in [9.17, 15) is 14.7 Å². The van der Waals surface area contributed by atoms with Gasteiger partial charge in [-0.1, -0.05) is 56.6 Å². The molecule has 0 aliphatic heterocycles. The van der Waals surface area contributed by atoms with Gasteiger partial charge in [0, 0.05) is 16.7 Å². The lowest BCUT2D eigenvalue weighted by atomic mass is 9.75. The Labute approximate surface area is 243 Å². The number of nitrogens with zero attached hydrogens (tertiary/aromatic N) is 2. The number of thiophene rings is 1. The van der Waals surface area contributed by atoms with Crippen molar-refractivity contribution in [2.45, 2.75) is 59.1 Å². The smallest absolute Gasteiger partial charge is 0.324 e. The number of ether oxygens (including phenoxy) is 1. The van der Waals surface area contributed by atoms with Gasteiger partial charge in [-0.05, 0) is 62.4 Å². The van der Waals surface area contributed by atoms with E-state index in [-0.39, 0.29) is 0 Å². The Morgan fingerprint density at radius 3 is 2.55 bits per heavy atom. The summed E-state index contributed by atoms with van der Waals surface area (Å²) in [5.74, 6) is -1.04. The van der Waals surface area contributed by atoms with E-state index >= 15 is 0 Å². The van der Waals surface area contributed by atoms with Gasteiger partial charge in [-0.15, -0.1) is 11.3 Å².